The zero-order valence-electron chi connectivity index (χ0n) is 17.4. The van der Waals surface area contributed by atoms with Gasteiger partial charge in [0.15, 0.2) is 0 Å². The summed E-state index contributed by atoms with van der Waals surface area (Å²) in [5.41, 5.74) is 1.72. The summed E-state index contributed by atoms with van der Waals surface area (Å²) in [5, 5.41) is 9.19. The fourth-order valence-electron chi connectivity index (χ4n) is 4.72. The number of nitrogens with zero attached hydrogens (tertiary/aromatic N) is 4. The van der Waals surface area contributed by atoms with Crippen LogP contribution in [-0.4, -0.2) is 51.9 Å². The van der Waals surface area contributed by atoms with Gasteiger partial charge in [-0.2, -0.15) is 5.26 Å². The van der Waals surface area contributed by atoms with Crippen LogP contribution in [0.3, 0.4) is 0 Å². The summed E-state index contributed by atoms with van der Waals surface area (Å²) >= 11 is 0. The first-order valence-corrected chi connectivity index (χ1v) is 10.2. The molecule has 1 amide bonds. The zero-order chi connectivity index (χ0) is 20.6. The van der Waals surface area contributed by atoms with Gasteiger partial charge in [0.2, 0.25) is 0 Å². The number of amides is 1. The van der Waals surface area contributed by atoms with Gasteiger partial charge < -0.3 is 18.9 Å². The van der Waals surface area contributed by atoms with Crippen molar-refractivity contribution in [3.8, 4) is 6.07 Å². The van der Waals surface area contributed by atoms with Gasteiger partial charge in [-0.05, 0) is 63.6 Å². The Morgan fingerprint density at radius 1 is 1.45 bits per heavy atom. The van der Waals surface area contributed by atoms with Gasteiger partial charge in [-0.1, -0.05) is 0 Å². The average Bonchev–Trinajstić information content (AvgIpc) is 3.21. The summed E-state index contributed by atoms with van der Waals surface area (Å²) in [7, 11) is 1.67. The zero-order valence-corrected chi connectivity index (χ0v) is 17.4. The number of fused-ring (bicyclic) bond motifs is 1. The standard InChI is InChI=1S/C22H28N4O3/c1-21(2,28-3)13-26-14-22(29-20(26)27)8-4-5-17(10-22)12-25-15-24-18-7-6-16(11-23)9-19(18)25/h6-7,9,15,17H,4-5,8,10,12-14H2,1-3H3/t17-,22-/m0/s1. The van der Waals surface area contributed by atoms with Gasteiger partial charge in [0.1, 0.15) is 5.60 Å². The number of hydrogen-bond donors (Lipinski definition) is 0. The van der Waals surface area contributed by atoms with Crippen molar-refractivity contribution >= 4 is 17.1 Å². The van der Waals surface area contributed by atoms with E-state index in [2.05, 4.69) is 15.6 Å². The molecule has 1 saturated carbocycles. The van der Waals surface area contributed by atoms with Crippen molar-refractivity contribution in [1.29, 1.82) is 5.26 Å². The molecule has 29 heavy (non-hydrogen) atoms. The van der Waals surface area contributed by atoms with Crippen LogP contribution in [0.25, 0.3) is 11.0 Å². The first-order chi connectivity index (χ1) is 13.8. The van der Waals surface area contributed by atoms with E-state index in [9.17, 15) is 10.1 Å². The second kappa shape index (κ2) is 7.34. The topological polar surface area (TPSA) is 80.4 Å². The lowest BCUT2D eigenvalue weighted by Gasteiger charge is -2.36. The molecule has 0 bridgehead atoms. The Labute approximate surface area is 171 Å². The number of hydrogen-bond acceptors (Lipinski definition) is 5. The number of nitriles is 1. The maximum absolute atomic E-state index is 12.5. The molecule has 2 aliphatic rings. The second-order valence-corrected chi connectivity index (χ2v) is 9.05. The van der Waals surface area contributed by atoms with Gasteiger partial charge in [0.05, 0.1) is 47.7 Å². The van der Waals surface area contributed by atoms with E-state index in [-0.39, 0.29) is 6.09 Å². The molecule has 2 atom stereocenters. The highest BCUT2D eigenvalue weighted by Gasteiger charge is 2.48. The largest absolute Gasteiger partial charge is 0.441 e. The van der Waals surface area contributed by atoms with E-state index >= 15 is 0 Å². The first kappa shape index (κ1) is 19.7. The average molecular weight is 396 g/mol. The Balaban J connectivity index is 1.48. The van der Waals surface area contributed by atoms with Crippen LogP contribution in [-0.2, 0) is 16.0 Å². The van der Waals surface area contributed by atoms with E-state index in [0.29, 0.717) is 24.6 Å². The number of carbonyl (C=O) groups is 1. The van der Waals surface area contributed by atoms with Crippen molar-refractivity contribution in [3.63, 3.8) is 0 Å². The summed E-state index contributed by atoms with van der Waals surface area (Å²) in [5.74, 6) is 0.398. The molecule has 1 aliphatic carbocycles. The summed E-state index contributed by atoms with van der Waals surface area (Å²) < 4.78 is 13.5. The molecule has 0 N–H and O–H groups in total. The monoisotopic (exact) mass is 396 g/mol. The van der Waals surface area contributed by atoms with Crippen LogP contribution in [0.1, 0.15) is 45.1 Å². The van der Waals surface area contributed by atoms with Gasteiger partial charge in [-0.25, -0.2) is 9.78 Å². The summed E-state index contributed by atoms with van der Waals surface area (Å²) in [6, 6.07) is 7.78. The van der Waals surface area contributed by atoms with Crippen molar-refractivity contribution in [1.82, 2.24) is 14.5 Å². The van der Waals surface area contributed by atoms with Crippen LogP contribution in [0, 0.1) is 17.2 Å². The van der Waals surface area contributed by atoms with Crippen LogP contribution in [0.2, 0.25) is 0 Å². The third-order valence-corrected chi connectivity index (χ3v) is 6.28. The molecule has 2 fully saturated rings. The normalized spacial score (nSPS) is 24.8. The first-order valence-electron chi connectivity index (χ1n) is 10.2. The van der Waals surface area contributed by atoms with Crippen LogP contribution in [0.15, 0.2) is 24.5 Å². The fraction of sp³-hybridized carbons (Fsp3) is 0.591. The van der Waals surface area contributed by atoms with Crippen LogP contribution >= 0.6 is 0 Å². The molecule has 4 rings (SSSR count). The maximum atomic E-state index is 12.5. The van der Waals surface area contributed by atoms with Gasteiger partial charge >= 0.3 is 6.09 Å². The van der Waals surface area contributed by atoms with E-state index in [1.807, 2.05) is 32.3 Å². The summed E-state index contributed by atoms with van der Waals surface area (Å²) in [6.45, 7) is 5.92. The Morgan fingerprint density at radius 2 is 2.28 bits per heavy atom. The Morgan fingerprint density at radius 3 is 3.03 bits per heavy atom. The van der Waals surface area contributed by atoms with E-state index in [4.69, 9.17) is 9.47 Å². The number of ether oxygens (including phenoxy) is 2. The third-order valence-electron chi connectivity index (χ3n) is 6.28. The lowest BCUT2D eigenvalue weighted by molar-refractivity contribution is -0.000127. The molecule has 154 valence electrons. The summed E-state index contributed by atoms with van der Waals surface area (Å²) in [6.07, 6.45) is 5.50. The number of benzene rings is 1. The van der Waals surface area contributed by atoms with Crippen molar-refractivity contribution in [2.45, 2.75) is 57.3 Å². The van der Waals surface area contributed by atoms with Gasteiger partial charge in [-0.3, -0.25) is 0 Å². The highest BCUT2D eigenvalue weighted by Crippen LogP contribution is 2.41. The van der Waals surface area contributed by atoms with E-state index in [1.54, 1.807) is 18.1 Å². The Hall–Kier alpha value is -2.59. The van der Waals surface area contributed by atoms with Gasteiger partial charge in [0, 0.05) is 13.7 Å². The van der Waals surface area contributed by atoms with Gasteiger partial charge in [0.25, 0.3) is 0 Å². The fourth-order valence-corrected chi connectivity index (χ4v) is 4.72. The van der Waals surface area contributed by atoms with Crippen LogP contribution in [0.4, 0.5) is 4.79 Å². The predicted octanol–water partition coefficient (Wildman–Crippen LogP) is 3.71. The summed E-state index contributed by atoms with van der Waals surface area (Å²) in [4.78, 5) is 18.8. The molecule has 1 spiro atoms. The van der Waals surface area contributed by atoms with E-state index < -0.39 is 11.2 Å². The van der Waals surface area contributed by atoms with E-state index in [1.165, 1.54) is 0 Å². The van der Waals surface area contributed by atoms with Crippen molar-refractivity contribution < 1.29 is 14.3 Å². The number of imidazole rings is 1. The SMILES string of the molecule is COC(C)(C)CN1C[C@@]2(CCC[C@H](Cn3cnc4ccc(C#N)cc43)C2)OC1=O. The van der Waals surface area contributed by atoms with Crippen LogP contribution < -0.4 is 0 Å². The molecule has 2 aromatic rings. The lowest BCUT2D eigenvalue weighted by atomic mass is 9.78. The highest BCUT2D eigenvalue weighted by atomic mass is 16.6. The van der Waals surface area contributed by atoms with Crippen molar-refractivity contribution in [2.75, 3.05) is 20.2 Å². The molecular weight excluding hydrogens is 368 g/mol. The maximum Gasteiger partial charge on any atom is 0.410 e. The lowest BCUT2D eigenvalue weighted by Crippen LogP contribution is -2.44. The van der Waals surface area contributed by atoms with Gasteiger partial charge in [-0.15, -0.1) is 0 Å². The molecular formula is C22H28N4O3. The van der Waals surface area contributed by atoms with E-state index in [0.717, 1.165) is 43.3 Å². The molecule has 2 heterocycles. The third kappa shape index (κ3) is 3.95. The quantitative estimate of drug-likeness (QED) is 0.770. The molecule has 1 aromatic heterocycles. The van der Waals surface area contributed by atoms with Crippen molar-refractivity contribution in [2.24, 2.45) is 5.92 Å². The molecule has 1 aromatic carbocycles. The second-order valence-electron chi connectivity index (χ2n) is 9.05. The van der Waals surface area contributed by atoms with Crippen LogP contribution in [0.5, 0.6) is 0 Å². The number of aromatic nitrogens is 2. The number of methoxy groups -OCH3 is 1. The molecule has 1 aliphatic heterocycles. The minimum Gasteiger partial charge on any atom is -0.441 e. The minimum absolute atomic E-state index is 0.234. The molecule has 0 radical (unpaired) electrons. The molecule has 0 unspecified atom stereocenters. The molecule has 1 saturated heterocycles. The Kier molecular flexibility index (Phi) is 4.99. The predicted molar refractivity (Wildman–Crippen MR) is 108 cm³/mol. The Bertz CT molecular complexity index is 961. The molecule has 7 heteroatoms. The number of carbonyl (C=O) groups excluding carboxylic acids is 1. The van der Waals surface area contributed by atoms with Crippen molar-refractivity contribution in [3.05, 3.63) is 30.1 Å². The highest BCUT2D eigenvalue weighted by molar-refractivity contribution is 5.77. The molecule has 7 nitrogen and oxygen atoms in total. The smallest absolute Gasteiger partial charge is 0.410 e. The minimum atomic E-state index is -0.405. The number of rotatable bonds is 5.